The van der Waals surface area contributed by atoms with Gasteiger partial charge in [0.05, 0.1) is 19.3 Å². The summed E-state index contributed by atoms with van der Waals surface area (Å²) in [6.45, 7) is -0.0856. The molecule has 0 aliphatic rings. The minimum absolute atomic E-state index is 0.119. The molecule has 2 N–H and O–H groups in total. The number of esters is 1. The van der Waals surface area contributed by atoms with E-state index in [-0.39, 0.29) is 13.1 Å². The van der Waals surface area contributed by atoms with Crippen LogP contribution >= 0.6 is 11.3 Å². The molecule has 0 unspecified atom stereocenters. The van der Waals surface area contributed by atoms with Gasteiger partial charge in [-0.05, 0) is 23.6 Å². The van der Waals surface area contributed by atoms with Crippen molar-refractivity contribution in [1.82, 2.24) is 30.4 Å². The van der Waals surface area contributed by atoms with Crippen molar-refractivity contribution in [2.75, 3.05) is 13.7 Å². The van der Waals surface area contributed by atoms with Crippen LogP contribution in [-0.2, 0) is 16.1 Å². The lowest BCUT2D eigenvalue weighted by Crippen LogP contribution is -2.38. The van der Waals surface area contributed by atoms with Crippen LogP contribution in [0.15, 0.2) is 29.0 Å². The van der Waals surface area contributed by atoms with Gasteiger partial charge in [0, 0.05) is 10.9 Å². The normalized spacial score (nSPS) is 10.5. The monoisotopic (exact) mass is 346 g/mol. The number of nitrogens with one attached hydrogen (secondary N) is 2. The number of ether oxygens (including phenoxy) is 1. The standard InChI is InChI=1S/C14H14N6O3S/c1-23-13(21)7-16-14(22)15-6-12-18-17-11-3-2-10(19-20(11)12)9-4-5-24-8-9/h2-5,8H,6-7H2,1H3,(H2,15,16,22). The van der Waals surface area contributed by atoms with Gasteiger partial charge in [-0.1, -0.05) is 0 Å². The third kappa shape index (κ3) is 3.49. The van der Waals surface area contributed by atoms with Gasteiger partial charge in [0.25, 0.3) is 0 Å². The van der Waals surface area contributed by atoms with Gasteiger partial charge in [-0.3, -0.25) is 4.79 Å². The van der Waals surface area contributed by atoms with Crippen molar-refractivity contribution >= 4 is 29.0 Å². The Morgan fingerprint density at radius 1 is 1.25 bits per heavy atom. The first-order valence-electron chi connectivity index (χ1n) is 7.00. The molecule has 24 heavy (non-hydrogen) atoms. The topological polar surface area (TPSA) is 111 Å². The van der Waals surface area contributed by atoms with E-state index < -0.39 is 12.0 Å². The number of amides is 2. The fourth-order valence-corrected chi connectivity index (χ4v) is 2.60. The molecule has 124 valence electrons. The maximum atomic E-state index is 11.6. The summed E-state index contributed by atoms with van der Waals surface area (Å²) < 4.78 is 6.02. The average molecular weight is 346 g/mol. The Hall–Kier alpha value is -3.01. The molecule has 0 fully saturated rings. The molecule has 0 spiro atoms. The van der Waals surface area contributed by atoms with Crippen molar-refractivity contribution in [3.63, 3.8) is 0 Å². The number of urea groups is 1. The molecular formula is C14H14N6O3S. The van der Waals surface area contributed by atoms with Crippen LogP contribution < -0.4 is 10.6 Å². The molecule has 3 aromatic rings. The van der Waals surface area contributed by atoms with E-state index in [2.05, 4.69) is 30.7 Å². The molecule has 3 rings (SSSR count). The van der Waals surface area contributed by atoms with E-state index in [9.17, 15) is 9.59 Å². The summed E-state index contributed by atoms with van der Waals surface area (Å²) in [6.07, 6.45) is 0. The van der Waals surface area contributed by atoms with E-state index in [1.165, 1.54) is 7.11 Å². The van der Waals surface area contributed by atoms with E-state index in [1.54, 1.807) is 15.9 Å². The SMILES string of the molecule is COC(=O)CNC(=O)NCc1nnc2ccc(-c3ccsc3)nn12. The van der Waals surface area contributed by atoms with Gasteiger partial charge in [0.2, 0.25) is 0 Å². The maximum Gasteiger partial charge on any atom is 0.325 e. The number of carbonyl (C=O) groups excluding carboxylic acids is 2. The maximum absolute atomic E-state index is 11.6. The first-order chi connectivity index (χ1) is 11.7. The number of fused-ring (bicyclic) bond motifs is 1. The van der Waals surface area contributed by atoms with Crippen LogP contribution in [-0.4, -0.2) is 45.5 Å². The average Bonchev–Trinajstić information content (AvgIpc) is 3.26. The van der Waals surface area contributed by atoms with E-state index in [0.29, 0.717) is 11.5 Å². The van der Waals surface area contributed by atoms with Crippen LogP contribution in [0.4, 0.5) is 4.79 Å². The van der Waals surface area contributed by atoms with Crippen LogP contribution in [0.3, 0.4) is 0 Å². The second-order valence-electron chi connectivity index (χ2n) is 4.73. The zero-order valence-electron chi connectivity index (χ0n) is 12.7. The van der Waals surface area contributed by atoms with Crippen molar-refractivity contribution in [2.45, 2.75) is 6.54 Å². The first-order valence-corrected chi connectivity index (χ1v) is 7.94. The molecule has 0 saturated carbocycles. The molecule has 0 saturated heterocycles. The van der Waals surface area contributed by atoms with Crippen molar-refractivity contribution in [2.24, 2.45) is 0 Å². The highest BCUT2D eigenvalue weighted by atomic mass is 32.1. The smallest absolute Gasteiger partial charge is 0.325 e. The molecule has 0 radical (unpaired) electrons. The summed E-state index contributed by atoms with van der Waals surface area (Å²) >= 11 is 1.59. The van der Waals surface area contributed by atoms with Crippen LogP contribution in [0.2, 0.25) is 0 Å². The van der Waals surface area contributed by atoms with E-state index in [1.807, 2.05) is 29.0 Å². The second kappa shape index (κ2) is 7.04. The Balaban J connectivity index is 1.69. The lowest BCUT2D eigenvalue weighted by molar-refractivity contribution is -0.139. The third-order valence-corrected chi connectivity index (χ3v) is 3.86. The molecule has 3 aromatic heterocycles. The Labute approximate surface area is 140 Å². The van der Waals surface area contributed by atoms with Gasteiger partial charge in [0.15, 0.2) is 11.5 Å². The Morgan fingerprint density at radius 2 is 2.12 bits per heavy atom. The van der Waals surface area contributed by atoms with Gasteiger partial charge in [-0.15, -0.1) is 10.2 Å². The summed E-state index contributed by atoms with van der Waals surface area (Å²) in [6, 6.07) is 5.15. The Morgan fingerprint density at radius 3 is 2.88 bits per heavy atom. The minimum atomic E-state index is -0.528. The summed E-state index contributed by atoms with van der Waals surface area (Å²) in [4.78, 5) is 22.6. The summed E-state index contributed by atoms with van der Waals surface area (Å²) in [5.74, 6) is -0.0459. The number of hydrogen-bond acceptors (Lipinski definition) is 7. The molecule has 9 nitrogen and oxygen atoms in total. The Kier molecular flexibility index (Phi) is 4.66. The predicted octanol–water partition coefficient (Wildman–Crippen LogP) is 0.825. The number of methoxy groups -OCH3 is 1. The van der Waals surface area contributed by atoms with Crippen LogP contribution in [0.1, 0.15) is 5.82 Å². The van der Waals surface area contributed by atoms with Gasteiger partial charge in [-0.2, -0.15) is 21.0 Å². The summed E-state index contributed by atoms with van der Waals surface area (Å²) in [5, 5.41) is 21.5. The van der Waals surface area contributed by atoms with Gasteiger partial charge >= 0.3 is 12.0 Å². The molecule has 0 bridgehead atoms. The van der Waals surface area contributed by atoms with Gasteiger partial charge < -0.3 is 15.4 Å². The first kappa shape index (κ1) is 15.9. The van der Waals surface area contributed by atoms with Gasteiger partial charge in [0.1, 0.15) is 6.54 Å². The molecule has 2 amide bonds. The van der Waals surface area contributed by atoms with E-state index >= 15 is 0 Å². The molecular weight excluding hydrogens is 332 g/mol. The van der Waals surface area contributed by atoms with Crippen molar-refractivity contribution < 1.29 is 14.3 Å². The highest BCUT2D eigenvalue weighted by Gasteiger charge is 2.11. The predicted molar refractivity (Wildman–Crippen MR) is 86.3 cm³/mol. The fraction of sp³-hybridized carbons (Fsp3) is 0.214. The van der Waals surface area contributed by atoms with E-state index in [0.717, 1.165) is 11.3 Å². The largest absolute Gasteiger partial charge is 0.468 e. The molecule has 10 heteroatoms. The number of nitrogens with zero attached hydrogens (tertiary/aromatic N) is 4. The van der Waals surface area contributed by atoms with Crippen LogP contribution in [0.25, 0.3) is 16.9 Å². The van der Waals surface area contributed by atoms with Crippen molar-refractivity contribution in [3.8, 4) is 11.3 Å². The highest BCUT2D eigenvalue weighted by molar-refractivity contribution is 7.08. The highest BCUT2D eigenvalue weighted by Crippen LogP contribution is 2.20. The summed E-state index contributed by atoms with van der Waals surface area (Å²) in [5.41, 5.74) is 2.38. The zero-order chi connectivity index (χ0) is 16.9. The number of thiophene rings is 1. The number of hydrogen-bond donors (Lipinski definition) is 2. The number of carbonyl (C=O) groups is 2. The lowest BCUT2D eigenvalue weighted by Gasteiger charge is -2.06. The molecule has 0 atom stereocenters. The molecule has 0 aliphatic heterocycles. The minimum Gasteiger partial charge on any atom is -0.468 e. The zero-order valence-corrected chi connectivity index (χ0v) is 13.5. The number of aromatic nitrogens is 4. The quantitative estimate of drug-likeness (QED) is 0.662. The van der Waals surface area contributed by atoms with Gasteiger partial charge in [-0.25, -0.2) is 4.79 Å². The summed E-state index contributed by atoms with van der Waals surface area (Å²) in [7, 11) is 1.25. The molecule has 0 aliphatic carbocycles. The number of rotatable bonds is 5. The van der Waals surface area contributed by atoms with Crippen LogP contribution in [0.5, 0.6) is 0 Å². The third-order valence-electron chi connectivity index (χ3n) is 3.17. The Bertz CT molecular complexity index is 861. The molecule has 0 aromatic carbocycles. The van der Waals surface area contributed by atoms with Crippen LogP contribution in [0, 0.1) is 0 Å². The fourth-order valence-electron chi connectivity index (χ4n) is 1.95. The van der Waals surface area contributed by atoms with Crippen molar-refractivity contribution in [1.29, 1.82) is 0 Å². The second-order valence-corrected chi connectivity index (χ2v) is 5.51. The van der Waals surface area contributed by atoms with Crippen molar-refractivity contribution in [3.05, 3.63) is 34.8 Å². The lowest BCUT2D eigenvalue weighted by atomic mass is 10.2. The van der Waals surface area contributed by atoms with E-state index in [4.69, 9.17) is 0 Å². The molecule has 3 heterocycles.